The molecule has 1 atom stereocenters. The SMILES string of the molecule is [2H]C1([2H])c2c(N)cc(F)cc2C(=O)N1[C@@]1([2H])CCC(=O)NC1=O. The summed E-state index contributed by atoms with van der Waals surface area (Å²) in [6.07, 6.45) is -0.575. The molecule has 1 saturated heterocycles. The first kappa shape index (κ1) is 9.46. The van der Waals surface area contributed by atoms with Crippen LogP contribution in [0.4, 0.5) is 10.1 Å². The van der Waals surface area contributed by atoms with Gasteiger partial charge >= 0.3 is 0 Å². The minimum Gasteiger partial charge on any atom is -0.398 e. The zero-order chi connectivity index (χ0) is 17.2. The lowest BCUT2D eigenvalue weighted by atomic mass is 10.0. The molecule has 0 bridgehead atoms. The van der Waals surface area contributed by atoms with Crippen LogP contribution in [0.1, 0.15) is 32.9 Å². The van der Waals surface area contributed by atoms with E-state index >= 15 is 0 Å². The monoisotopic (exact) mass is 280 g/mol. The number of amides is 3. The average Bonchev–Trinajstić information content (AvgIpc) is 2.62. The van der Waals surface area contributed by atoms with Crippen molar-refractivity contribution in [2.45, 2.75) is 25.4 Å². The zero-order valence-corrected chi connectivity index (χ0v) is 10.2. The Kier molecular flexibility index (Phi) is 2.03. The van der Waals surface area contributed by atoms with E-state index < -0.39 is 36.1 Å². The molecule has 1 aromatic carbocycles. The molecular formula is C13H12FN3O3. The first-order chi connectivity index (χ1) is 10.6. The quantitative estimate of drug-likeness (QED) is 0.566. The molecule has 0 aliphatic carbocycles. The van der Waals surface area contributed by atoms with Crippen molar-refractivity contribution in [3.05, 3.63) is 29.1 Å². The second-order valence-corrected chi connectivity index (χ2v) is 4.49. The van der Waals surface area contributed by atoms with Crippen molar-refractivity contribution in [3.63, 3.8) is 0 Å². The number of nitrogens with two attached hydrogens (primary N) is 1. The summed E-state index contributed by atoms with van der Waals surface area (Å²) in [5.41, 5.74) is 4.74. The van der Waals surface area contributed by atoms with Gasteiger partial charge in [0.15, 0.2) is 0 Å². The highest BCUT2D eigenvalue weighted by atomic mass is 19.1. The molecule has 0 unspecified atom stereocenters. The highest BCUT2D eigenvalue weighted by molar-refractivity contribution is 6.06. The van der Waals surface area contributed by atoms with E-state index in [1.54, 1.807) is 0 Å². The van der Waals surface area contributed by atoms with Gasteiger partial charge in [-0.1, -0.05) is 0 Å². The van der Waals surface area contributed by atoms with E-state index in [1.165, 1.54) is 0 Å². The van der Waals surface area contributed by atoms with Crippen molar-refractivity contribution in [1.82, 2.24) is 10.2 Å². The van der Waals surface area contributed by atoms with Crippen LogP contribution in [0.15, 0.2) is 12.1 Å². The van der Waals surface area contributed by atoms with Crippen LogP contribution in [0.5, 0.6) is 0 Å². The summed E-state index contributed by atoms with van der Waals surface area (Å²) in [5.74, 6) is -3.55. The number of benzene rings is 1. The molecule has 2 aliphatic rings. The summed E-state index contributed by atoms with van der Waals surface area (Å²) in [6, 6.07) is -0.633. The van der Waals surface area contributed by atoms with Crippen molar-refractivity contribution in [2.75, 3.05) is 5.73 Å². The predicted octanol–water partition coefficient (Wildman–Crippen LogP) is 0.169. The number of halogens is 1. The minimum absolute atomic E-state index is 0.213. The van der Waals surface area contributed by atoms with Crippen LogP contribution in [0.25, 0.3) is 0 Å². The van der Waals surface area contributed by atoms with Crippen molar-refractivity contribution in [1.29, 1.82) is 0 Å². The van der Waals surface area contributed by atoms with Crippen molar-refractivity contribution in [3.8, 4) is 0 Å². The summed E-state index contributed by atoms with van der Waals surface area (Å²) < 4.78 is 38.1. The second-order valence-electron chi connectivity index (χ2n) is 4.49. The number of nitrogens with one attached hydrogen (secondary N) is 1. The maximum atomic E-state index is 13.5. The van der Waals surface area contributed by atoms with Gasteiger partial charge < -0.3 is 10.6 Å². The molecule has 104 valence electrons. The molecule has 0 aromatic heterocycles. The lowest BCUT2D eigenvalue weighted by molar-refractivity contribution is -0.136. The Labute approximate surface area is 117 Å². The lowest BCUT2D eigenvalue weighted by Gasteiger charge is -2.29. The molecule has 2 heterocycles. The number of fused-ring (bicyclic) bond motifs is 1. The Morgan fingerprint density at radius 3 is 2.90 bits per heavy atom. The van der Waals surface area contributed by atoms with Crippen LogP contribution in [0, 0.1) is 5.82 Å². The topological polar surface area (TPSA) is 92.5 Å². The number of hydrogen-bond donors (Lipinski definition) is 2. The molecule has 1 aromatic rings. The molecule has 20 heavy (non-hydrogen) atoms. The van der Waals surface area contributed by atoms with E-state index in [2.05, 4.69) is 0 Å². The first-order valence-electron chi connectivity index (χ1n) is 7.37. The van der Waals surface area contributed by atoms with Gasteiger partial charge in [0.1, 0.15) is 11.8 Å². The minimum atomic E-state index is -2.58. The average molecular weight is 280 g/mol. The van der Waals surface area contributed by atoms with E-state index in [0.29, 0.717) is 4.90 Å². The molecule has 3 rings (SSSR count). The molecule has 3 N–H and O–H groups in total. The lowest BCUT2D eigenvalue weighted by Crippen LogP contribution is -2.52. The number of nitrogen functional groups attached to an aromatic ring is 1. The van der Waals surface area contributed by atoms with E-state index in [1.807, 2.05) is 5.32 Å². The number of hydrogen-bond acceptors (Lipinski definition) is 4. The van der Waals surface area contributed by atoms with Gasteiger partial charge in [0.25, 0.3) is 5.91 Å². The molecule has 0 radical (unpaired) electrons. The van der Waals surface area contributed by atoms with Crippen LogP contribution in [0.2, 0.25) is 0 Å². The Morgan fingerprint density at radius 1 is 1.45 bits per heavy atom. The maximum Gasteiger partial charge on any atom is 0.255 e. The third-order valence-corrected chi connectivity index (χ3v) is 3.16. The standard InChI is InChI=1S/C13H12FN3O3/c14-6-3-7-8(9(15)4-6)5-17(13(7)20)10-1-2-11(18)16-12(10)19/h3-4,10H,1-2,5,15H2,(H,16,18,19)/t10-/m0/s1/i5D2,10D. The Bertz CT molecular complexity index is 770. The third-order valence-electron chi connectivity index (χ3n) is 3.16. The number of carbonyl (C=O) groups excluding carboxylic acids is 3. The van der Waals surface area contributed by atoms with Gasteiger partial charge in [-0.2, -0.15) is 0 Å². The van der Waals surface area contributed by atoms with Crippen LogP contribution < -0.4 is 11.1 Å². The number of rotatable bonds is 1. The largest absolute Gasteiger partial charge is 0.398 e. The Hall–Kier alpha value is -2.44. The summed E-state index contributed by atoms with van der Waals surface area (Å²) in [5, 5.41) is 1.93. The first-order valence-corrected chi connectivity index (χ1v) is 5.87. The number of carbonyl (C=O) groups is 3. The second kappa shape index (κ2) is 4.29. The molecule has 1 fully saturated rings. The summed E-state index contributed by atoms with van der Waals surface area (Å²) in [7, 11) is 0. The molecule has 2 aliphatic heterocycles. The van der Waals surface area contributed by atoms with Gasteiger partial charge in [-0.05, 0) is 18.6 Å². The van der Waals surface area contributed by atoms with Gasteiger partial charge in [-0.15, -0.1) is 0 Å². The number of nitrogens with zero attached hydrogens (tertiary/aromatic N) is 1. The van der Waals surface area contributed by atoms with Gasteiger partial charge in [-0.25, -0.2) is 4.39 Å². The Morgan fingerprint density at radius 2 is 2.20 bits per heavy atom. The predicted molar refractivity (Wildman–Crippen MR) is 66.9 cm³/mol. The number of piperidine rings is 1. The summed E-state index contributed by atoms with van der Waals surface area (Å²) in [6.45, 7) is -2.58. The van der Waals surface area contributed by atoms with Crippen LogP contribution in [-0.2, 0) is 16.1 Å². The van der Waals surface area contributed by atoms with Gasteiger partial charge in [0, 0.05) is 29.7 Å². The zero-order valence-electron chi connectivity index (χ0n) is 13.2. The summed E-state index contributed by atoms with van der Waals surface area (Å²) >= 11 is 0. The fraction of sp³-hybridized carbons (Fsp3) is 0.308. The highest BCUT2D eigenvalue weighted by Gasteiger charge is 2.39. The molecule has 3 amide bonds. The fourth-order valence-corrected chi connectivity index (χ4v) is 2.21. The fourth-order valence-electron chi connectivity index (χ4n) is 2.21. The normalized spacial score (nSPS) is 30.4. The van der Waals surface area contributed by atoms with E-state index in [4.69, 9.17) is 9.85 Å². The van der Waals surface area contributed by atoms with Crippen LogP contribution in [-0.4, -0.2) is 28.6 Å². The van der Waals surface area contributed by atoms with Crippen molar-refractivity contribution in [2.24, 2.45) is 0 Å². The van der Waals surface area contributed by atoms with Crippen molar-refractivity contribution >= 4 is 23.4 Å². The smallest absolute Gasteiger partial charge is 0.255 e. The van der Waals surface area contributed by atoms with Gasteiger partial charge in [0.05, 0.1) is 4.11 Å². The number of anilines is 1. The molecular weight excluding hydrogens is 265 g/mol. The Balaban J connectivity index is 2.16. The molecule has 0 saturated carbocycles. The van der Waals surface area contributed by atoms with Gasteiger partial charge in [-0.3, -0.25) is 19.7 Å². The summed E-state index contributed by atoms with van der Waals surface area (Å²) in [4.78, 5) is 36.3. The van der Waals surface area contributed by atoms with Crippen LogP contribution >= 0.6 is 0 Å². The highest BCUT2D eigenvalue weighted by Crippen LogP contribution is 2.31. The number of imide groups is 1. The molecule has 7 heteroatoms. The molecule has 6 nitrogen and oxygen atoms in total. The van der Waals surface area contributed by atoms with E-state index in [9.17, 15) is 18.8 Å². The van der Waals surface area contributed by atoms with E-state index in [-0.39, 0.29) is 29.7 Å². The van der Waals surface area contributed by atoms with Gasteiger partial charge in [0.2, 0.25) is 11.8 Å². The van der Waals surface area contributed by atoms with Crippen molar-refractivity contribution < 1.29 is 22.9 Å². The maximum absolute atomic E-state index is 13.5. The van der Waals surface area contributed by atoms with Crippen LogP contribution in [0.3, 0.4) is 0 Å². The van der Waals surface area contributed by atoms with E-state index in [0.717, 1.165) is 12.1 Å². The third kappa shape index (κ3) is 1.82. The molecule has 0 spiro atoms.